The van der Waals surface area contributed by atoms with Crippen molar-refractivity contribution in [3.8, 4) is 0 Å². The second-order valence-electron chi connectivity index (χ2n) is 4.60. The van der Waals surface area contributed by atoms with E-state index in [2.05, 4.69) is 0 Å². The van der Waals surface area contributed by atoms with Crippen LogP contribution in [0.25, 0.3) is 0 Å². The third-order valence-electron chi connectivity index (χ3n) is 3.21. The van der Waals surface area contributed by atoms with Crippen LogP contribution in [0, 0.1) is 5.41 Å². The van der Waals surface area contributed by atoms with Crippen molar-refractivity contribution in [3.63, 3.8) is 0 Å². The molecule has 0 fully saturated rings. The maximum absolute atomic E-state index is 10.6. The van der Waals surface area contributed by atoms with Crippen molar-refractivity contribution >= 4 is 23.5 Å². The normalized spacial score (nSPS) is 10.6. The Labute approximate surface area is 132 Å². The lowest BCUT2D eigenvalue weighted by atomic mass is 9.88. The van der Waals surface area contributed by atoms with Gasteiger partial charge in [0.15, 0.2) is 0 Å². The van der Waals surface area contributed by atoms with Gasteiger partial charge in [0.25, 0.3) is 0 Å². The maximum atomic E-state index is 10.6. The quantitative estimate of drug-likeness (QED) is 0.525. The van der Waals surface area contributed by atoms with Crippen LogP contribution >= 0.6 is 11.6 Å². The minimum Gasteiger partial charge on any atom is -0.478 e. The van der Waals surface area contributed by atoms with E-state index in [4.69, 9.17) is 37.1 Å². The second-order valence-corrected chi connectivity index (χ2v) is 5.01. The van der Waals surface area contributed by atoms with Gasteiger partial charge in [-0.25, -0.2) is 9.59 Å². The SMILES string of the molecule is CCC(CO)(CO)CO.O=C(O)c1cccc(Cl)c1C(=O)O. The molecule has 0 aromatic heterocycles. The summed E-state index contributed by atoms with van der Waals surface area (Å²) in [5.41, 5.74) is -1.35. The van der Waals surface area contributed by atoms with Gasteiger partial charge in [-0.2, -0.15) is 0 Å². The van der Waals surface area contributed by atoms with Crippen molar-refractivity contribution in [2.75, 3.05) is 19.8 Å². The molecule has 0 atom stereocenters. The number of carboxylic acid groups (broad SMARTS) is 2. The van der Waals surface area contributed by atoms with E-state index in [1.807, 2.05) is 6.92 Å². The Morgan fingerprint density at radius 2 is 1.55 bits per heavy atom. The van der Waals surface area contributed by atoms with Crippen LogP contribution in [-0.2, 0) is 0 Å². The monoisotopic (exact) mass is 334 g/mol. The highest BCUT2D eigenvalue weighted by Gasteiger charge is 2.24. The van der Waals surface area contributed by atoms with Crippen molar-refractivity contribution < 1.29 is 35.1 Å². The average Bonchev–Trinajstić information content (AvgIpc) is 2.50. The predicted octanol–water partition coefficient (Wildman–Crippen LogP) is 1.10. The summed E-state index contributed by atoms with van der Waals surface area (Å²) in [4.78, 5) is 21.2. The largest absolute Gasteiger partial charge is 0.478 e. The molecule has 22 heavy (non-hydrogen) atoms. The lowest BCUT2D eigenvalue weighted by molar-refractivity contribution is 0.00303. The highest BCUT2D eigenvalue weighted by atomic mass is 35.5. The van der Waals surface area contributed by atoms with E-state index in [0.717, 1.165) is 0 Å². The number of aliphatic hydroxyl groups excluding tert-OH is 3. The Kier molecular flexibility index (Phi) is 8.66. The number of carbonyl (C=O) groups is 2. The number of carboxylic acids is 2. The Balaban J connectivity index is 0.000000433. The molecule has 0 saturated carbocycles. The van der Waals surface area contributed by atoms with E-state index < -0.39 is 17.4 Å². The first-order valence-corrected chi connectivity index (χ1v) is 6.74. The fourth-order valence-corrected chi connectivity index (χ4v) is 1.66. The van der Waals surface area contributed by atoms with E-state index in [-0.39, 0.29) is 36.0 Å². The zero-order valence-corrected chi connectivity index (χ0v) is 12.7. The summed E-state index contributed by atoms with van der Waals surface area (Å²) in [7, 11) is 0. The van der Waals surface area contributed by atoms with Crippen molar-refractivity contribution in [2.45, 2.75) is 13.3 Å². The van der Waals surface area contributed by atoms with Gasteiger partial charge >= 0.3 is 11.9 Å². The first-order valence-electron chi connectivity index (χ1n) is 6.36. The van der Waals surface area contributed by atoms with E-state index >= 15 is 0 Å². The Morgan fingerprint density at radius 3 is 1.77 bits per heavy atom. The van der Waals surface area contributed by atoms with E-state index in [9.17, 15) is 9.59 Å². The van der Waals surface area contributed by atoms with Crippen molar-refractivity contribution in [2.24, 2.45) is 5.41 Å². The molecule has 0 aliphatic rings. The summed E-state index contributed by atoms with van der Waals surface area (Å²) in [6, 6.07) is 3.91. The first-order chi connectivity index (χ1) is 10.3. The molecule has 7 nitrogen and oxygen atoms in total. The third-order valence-corrected chi connectivity index (χ3v) is 3.53. The van der Waals surface area contributed by atoms with Crippen LogP contribution in [0.4, 0.5) is 0 Å². The van der Waals surface area contributed by atoms with Crippen LogP contribution in [0.1, 0.15) is 34.1 Å². The molecular weight excluding hydrogens is 316 g/mol. The van der Waals surface area contributed by atoms with Gasteiger partial charge in [-0.05, 0) is 18.6 Å². The molecule has 8 heteroatoms. The highest BCUT2D eigenvalue weighted by Crippen LogP contribution is 2.20. The number of aliphatic hydroxyl groups is 3. The van der Waals surface area contributed by atoms with Gasteiger partial charge in [-0.3, -0.25) is 0 Å². The molecule has 0 radical (unpaired) electrons. The number of benzene rings is 1. The predicted molar refractivity (Wildman–Crippen MR) is 79.4 cm³/mol. The number of hydrogen-bond acceptors (Lipinski definition) is 5. The Morgan fingerprint density at radius 1 is 1.05 bits per heavy atom. The molecule has 0 saturated heterocycles. The molecule has 0 amide bonds. The van der Waals surface area contributed by atoms with Crippen LogP contribution in [0.3, 0.4) is 0 Å². The molecule has 0 aliphatic carbocycles. The molecule has 1 rings (SSSR count). The van der Waals surface area contributed by atoms with Crippen molar-refractivity contribution in [1.82, 2.24) is 0 Å². The zero-order chi connectivity index (χ0) is 17.3. The first kappa shape index (κ1) is 20.3. The maximum Gasteiger partial charge on any atom is 0.338 e. The molecule has 1 aromatic rings. The summed E-state index contributed by atoms with van der Waals surface area (Å²) in [6.07, 6.45) is 0.594. The van der Waals surface area contributed by atoms with Gasteiger partial charge in [-0.15, -0.1) is 0 Å². The summed E-state index contributed by atoms with van der Waals surface area (Å²) in [5, 5.41) is 43.2. The van der Waals surface area contributed by atoms with Crippen LogP contribution in [0.5, 0.6) is 0 Å². The second kappa shape index (κ2) is 9.37. The summed E-state index contributed by atoms with van der Waals surface area (Å²) < 4.78 is 0. The van der Waals surface area contributed by atoms with Gasteiger partial charge in [0.2, 0.25) is 0 Å². The lowest BCUT2D eigenvalue weighted by Gasteiger charge is -2.24. The summed E-state index contributed by atoms with van der Waals surface area (Å²) in [6.45, 7) is 1.35. The van der Waals surface area contributed by atoms with Crippen molar-refractivity contribution in [3.05, 3.63) is 34.3 Å². The van der Waals surface area contributed by atoms with Gasteiger partial charge in [0.05, 0.1) is 36.0 Å². The number of halogens is 1. The van der Waals surface area contributed by atoms with Crippen LogP contribution in [0.2, 0.25) is 5.02 Å². The molecule has 0 aliphatic heterocycles. The molecular formula is C14H19ClO7. The van der Waals surface area contributed by atoms with Gasteiger partial charge in [-0.1, -0.05) is 24.6 Å². The topological polar surface area (TPSA) is 135 Å². The molecule has 124 valence electrons. The molecule has 0 bridgehead atoms. The average molecular weight is 335 g/mol. The molecule has 0 unspecified atom stereocenters. The molecule has 0 spiro atoms. The summed E-state index contributed by atoms with van der Waals surface area (Å²) >= 11 is 5.52. The van der Waals surface area contributed by atoms with Crippen LogP contribution < -0.4 is 0 Å². The number of hydrogen-bond donors (Lipinski definition) is 5. The number of rotatable bonds is 6. The van der Waals surface area contributed by atoms with Gasteiger partial charge in [0, 0.05) is 5.41 Å². The smallest absolute Gasteiger partial charge is 0.338 e. The summed E-state index contributed by atoms with van der Waals surface area (Å²) in [5.74, 6) is -2.65. The standard InChI is InChI=1S/C8H5ClO4.C6H14O3/c9-5-3-1-2-4(7(10)11)6(5)8(12)13;1-2-6(3-7,4-8)5-9/h1-3H,(H,10,11)(H,12,13);7-9H,2-5H2,1H3. The lowest BCUT2D eigenvalue weighted by Crippen LogP contribution is -2.32. The van der Waals surface area contributed by atoms with E-state index in [1.54, 1.807) is 0 Å². The third kappa shape index (κ3) is 5.27. The number of aromatic carboxylic acids is 2. The fraction of sp³-hybridized carbons (Fsp3) is 0.429. The van der Waals surface area contributed by atoms with E-state index in [1.165, 1.54) is 18.2 Å². The molecule has 5 N–H and O–H groups in total. The molecule has 1 aromatic carbocycles. The fourth-order valence-electron chi connectivity index (χ4n) is 1.41. The highest BCUT2D eigenvalue weighted by molar-refractivity contribution is 6.34. The van der Waals surface area contributed by atoms with Gasteiger partial charge in [0.1, 0.15) is 0 Å². The van der Waals surface area contributed by atoms with Gasteiger partial charge < -0.3 is 25.5 Å². The van der Waals surface area contributed by atoms with Crippen LogP contribution in [-0.4, -0.2) is 57.3 Å². The van der Waals surface area contributed by atoms with E-state index in [0.29, 0.717) is 6.42 Å². The minimum atomic E-state index is -1.34. The Bertz CT molecular complexity index is 494. The molecule has 0 heterocycles. The zero-order valence-electron chi connectivity index (χ0n) is 12.0. The Hall–Kier alpha value is -1.67. The van der Waals surface area contributed by atoms with Crippen LogP contribution in [0.15, 0.2) is 18.2 Å². The van der Waals surface area contributed by atoms with Crippen molar-refractivity contribution in [1.29, 1.82) is 0 Å². The minimum absolute atomic E-state index is 0.0765.